The summed E-state index contributed by atoms with van der Waals surface area (Å²) < 4.78 is 4.90. The Kier molecular flexibility index (Phi) is 7.60. The molecule has 0 amide bonds. The predicted molar refractivity (Wildman–Crippen MR) is 74.2 cm³/mol. The van der Waals surface area contributed by atoms with Gasteiger partial charge < -0.3 is 9.84 Å². The first-order chi connectivity index (χ1) is 8.28. The highest BCUT2D eigenvalue weighted by Gasteiger charge is 2.17. The summed E-state index contributed by atoms with van der Waals surface area (Å²) in [4.78, 5) is 11.4. The molecule has 0 fully saturated rings. The van der Waals surface area contributed by atoms with Crippen molar-refractivity contribution in [3.63, 3.8) is 0 Å². The van der Waals surface area contributed by atoms with Gasteiger partial charge in [-0.2, -0.15) is 0 Å². The van der Waals surface area contributed by atoms with Crippen LogP contribution in [0.5, 0.6) is 0 Å². The van der Waals surface area contributed by atoms with E-state index in [2.05, 4.69) is 6.08 Å². The van der Waals surface area contributed by atoms with Crippen molar-refractivity contribution < 1.29 is 14.6 Å². The van der Waals surface area contributed by atoms with Gasteiger partial charge in [-0.15, -0.1) is 0 Å². The van der Waals surface area contributed by atoms with Crippen LogP contribution in [0.25, 0.3) is 0 Å². The topological polar surface area (TPSA) is 46.5 Å². The van der Waals surface area contributed by atoms with Crippen LogP contribution in [0.4, 0.5) is 0 Å². The molecular formula is C15H26O3. The molecular weight excluding hydrogens is 228 g/mol. The Balaban J connectivity index is 4.29. The molecule has 0 aliphatic heterocycles. The standard InChI is InChI=1S/C15H26O3/c1-6-18-14(16)13(4)9-11-15(5,17)10-7-8-12(2)3/h8-9,11,13,17H,6-7,10H2,1-5H3/b11-9+/t13?,15-/m0/s1. The van der Waals surface area contributed by atoms with Crippen LogP contribution >= 0.6 is 0 Å². The molecule has 18 heavy (non-hydrogen) atoms. The molecule has 0 radical (unpaired) electrons. The normalized spacial score (nSPS) is 16.1. The minimum atomic E-state index is -0.882. The number of carbonyl (C=O) groups is 1. The Morgan fingerprint density at radius 3 is 2.56 bits per heavy atom. The SMILES string of the molecule is CCOC(=O)C(C)/C=C/[C@@](C)(O)CCC=C(C)C. The van der Waals surface area contributed by atoms with Crippen molar-refractivity contribution in [3.8, 4) is 0 Å². The zero-order chi connectivity index (χ0) is 14.2. The van der Waals surface area contributed by atoms with Gasteiger partial charge in [0.1, 0.15) is 0 Å². The lowest BCUT2D eigenvalue weighted by Crippen LogP contribution is -2.21. The molecule has 0 aromatic rings. The highest BCUT2D eigenvalue weighted by Crippen LogP contribution is 2.16. The summed E-state index contributed by atoms with van der Waals surface area (Å²) in [5, 5.41) is 10.1. The fraction of sp³-hybridized carbons (Fsp3) is 0.667. The number of aliphatic hydroxyl groups is 1. The molecule has 0 saturated heterocycles. The van der Waals surface area contributed by atoms with E-state index < -0.39 is 5.60 Å². The van der Waals surface area contributed by atoms with Crippen LogP contribution in [0.1, 0.15) is 47.5 Å². The maximum Gasteiger partial charge on any atom is 0.312 e. The van der Waals surface area contributed by atoms with Crippen LogP contribution in [0.3, 0.4) is 0 Å². The molecule has 1 N–H and O–H groups in total. The van der Waals surface area contributed by atoms with E-state index in [0.717, 1.165) is 6.42 Å². The second-order valence-corrected chi connectivity index (χ2v) is 5.08. The van der Waals surface area contributed by atoms with Gasteiger partial charge in [0.2, 0.25) is 0 Å². The van der Waals surface area contributed by atoms with E-state index in [-0.39, 0.29) is 11.9 Å². The van der Waals surface area contributed by atoms with E-state index in [0.29, 0.717) is 13.0 Å². The van der Waals surface area contributed by atoms with E-state index in [1.165, 1.54) is 5.57 Å². The molecule has 2 atom stereocenters. The smallest absolute Gasteiger partial charge is 0.312 e. The molecule has 0 spiro atoms. The van der Waals surface area contributed by atoms with Crippen LogP contribution in [-0.2, 0) is 9.53 Å². The molecule has 104 valence electrons. The molecule has 3 heteroatoms. The van der Waals surface area contributed by atoms with Gasteiger partial charge in [0, 0.05) is 0 Å². The third kappa shape index (κ3) is 8.07. The number of esters is 1. The molecule has 0 heterocycles. The second kappa shape index (κ2) is 8.09. The van der Waals surface area contributed by atoms with E-state index >= 15 is 0 Å². The summed E-state index contributed by atoms with van der Waals surface area (Å²) in [6.07, 6.45) is 6.96. The van der Waals surface area contributed by atoms with Crippen molar-refractivity contribution >= 4 is 5.97 Å². The number of rotatable bonds is 7. The molecule has 0 saturated carbocycles. The van der Waals surface area contributed by atoms with Crippen LogP contribution in [0.15, 0.2) is 23.8 Å². The maximum absolute atomic E-state index is 11.4. The third-order valence-corrected chi connectivity index (χ3v) is 2.61. The van der Waals surface area contributed by atoms with Crippen LogP contribution in [-0.4, -0.2) is 23.3 Å². The highest BCUT2D eigenvalue weighted by atomic mass is 16.5. The molecule has 0 aromatic heterocycles. The fourth-order valence-corrected chi connectivity index (χ4v) is 1.44. The predicted octanol–water partition coefficient (Wildman–Crippen LogP) is 3.24. The van der Waals surface area contributed by atoms with Gasteiger partial charge >= 0.3 is 5.97 Å². The Labute approximate surface area is 111 Å². The number of allylic oxidation sites excluding steroid dienone is 2. The number of carbonyl (C=O) groups excluding carboxylic acids is 1. The Morgan fingerprint density at radius 2 is 2.06 bits per heavy atom. The van der Waals surface area contributed by atoms with Crippen molar-refractivity contribution in [1.82, 2.24) is 0 Å². The van der Waals surface area contributed by atoms with E-state index in [4.69, 9.17) is 4.74 Å². The quantitative estimate of drug-likeness (QED) is 0.560. The van der Waals surface area contributed by atoms with Gasteiger partial charge in [-0.3, -0.25) is 4.79 Å². The lowest BCUT2D eigenvalue weighted by molar-refractivity contribution is -0.145. The maximum atomic E-state index is 11.4. The first kappa shape index (κ1) is 16.9. The number of ether oxygens (including phenoxy) is 1. The van der Waals surface area contributed by atoms with Gasteiger partial charge in [-0.1, -0.05) is 23.8 Å². The Morgan fingerprint density at radius 1 is 1.44 bits per heavy atom. The van der Waals surface area contributed by atoms with Crippen molar-refractivity contribution in [2.24, 2.45) is 5.92 Å². The first-order valence-corrected chi connectivity index (χ1v) is 6.50. The van der Waals surface area contributed by atoms with Gasteiger partial charge in [0.15, 0.2) is 0 Å². The van der Waals surface area contributed by atoms with E-state index in [9.17, 15) is 9.90 Å². The summed E-state index contributed by atoms with van der Waals surface area (Å²) in [6, 6.07) is 0. The summed E-state index contributed by atoms with van der Waals surface area (Å²) >= 11 is 0. The summed E-state index contributed by atoms with van der Waals surface area (Å²) in [6.45, 7) is 9.75. The molecule has 3 nitrogen and oxygen atoms in total. The van der Waals surface area contributed by atoms with Crippen molar-refractivity contribution in [1.29, 1.82) is 0 Å². The summed E-state index contributed by atoms with van der Waals surface area (Å²) in [5.41, 5.74) is 0.363. The van der Waals surface area contributed by atoms with Gasteiger partial charge in [-0.05, 0) is 47.5 Å². The van der Waals surface area contributed by atoms with Crippen LogP contribution in [0.2, 0.25) is 0 Å². The lowest BCUT2D eigenvalue weighted by Gasteiger charge is -2.18. The zero-order valence-corrected chi connectivity index (χ0v) is 12.2. The molecule has 0 aliphatic rings. The van der Waals surface area contributed by atoms with Crippen molar-refractivity contribution in [2.75, 3.05) is 6.61 Å². The van der Waals surface area contributed by atoms with Gasteiger partial charge in [0.25, 0.3) is 0 Å². The van der Waals surface area contributed by atoms with E-state index in [1.807, 2.05) is 13.8 Å². The number of hydrogen-bond donors (Lipinski definition) is 1. The molecule has 0 bridgehead atoms. The first-order valence-electron chi connectivity index (χ1n) is 6.50. The Hall–Kier alpha value is -1.09. The zero-order valence-electron chi connectivity index (χ0n) is 12.2. The lowest BCUT2D eigenvalue weighted by atomic mass is 9.97. The van der Waals surface area contributed by atoms with Gasteiger partial charge in [-0.25, -0.2) is 0 Å². The molecule has 0 aliphatic carbocycles. The largest absolute Gasteiger partial charge is 0.466 e. The Bertz CT molecular complexity index is 310. The minimum Gasteiger partial charge on any atom is -0.466 e. The fourth-order valence-electron chi connectivity index (χ4n) is 1.44. The monoisotopic (exact) mass is 254 g/mol. The summed E-state index contributed by atoms with van der Waals surface area (Å²) in [7, 11) is 0. The van der Waals surface area contributed by atoms with Crippen molar-refractivity contribution in [3.05, 3.63) is 23.8 Å². The third-order valence-electron chi connectivity index (χ3n) is 2.61. The minimum absolute atomic E-state index is 0.256. The second-order valence-electron chi connectivity index (χ2n) is 5.08. The molecule has 1 unspecified atom stereocenters. The van der Waals surface area contributed by atoms with Crippen LogP contribution in [0, 0.1) is 5.92 Å². The number of hydrogen-bond acceptors (Lipinski definition) is 3. The van der Waals surface area contributed by atoms with Crippen LogP contribution < -0.4 is 0 Å². The van der Waals surface area contributed by atoms with E-state index in [1.54, 1.807) is 32.9 Å². The summed E-state index contributed by atoms with van der Waals surface area (Å²) in [5.74, 6) is -0.575. The van der Waals surface area contributed by atoms with Gasteiger partial charge in [0.05, 0.1) is 18.1 Å². The average Bonchev–Trinajstić information content (AvgIpc) is 2.25. The van der Waals surface area contributed by atoms with Crippen molar-refractivity contribution in [2.45, 2.75) is 53.1 Å². The molecule has 0 rings (SSSR count). The highest BCUT2D eigenvalue weighted by molar-refractivity contribution is 5.73. The molecule has 0 aromatic carbocycles. The average molecular weight is 254 g/mol.